The zero-order valence-electron chi connectivity index (χ0n) is 12.0. The number of rotatable bonds is 4. The number of aromatic nitrogens is 2. The summed E-state index contributed by atoms with van der Waals surface area (Å²) in [5.74, 6) is 0.213. The van der Waals surface area contributed by atoms with Crippen LogP contribution in [-0.4, -0.2) is 42.2 Å². The van der Waals surface area contributed by atoms with E-state index in [1.807, 2.05) is 12.1 Å². The zero-order valence-corrected chi connectivity index (χ0v) is 12.8. The Bertz CT molecular complexity index is 769. The fourth-order valence-corrected chi connectivity index (χ4v) is 4.45. The molecule has 0 unspecified atom stereocenters. The number of carbonyl (C=O) groups is 1. The van der Waals surface area contributed by atoms with Crippen LogP contribution in [0.3, 0.4) is 0 Å². The van der Waals surface area contributed by atoms with Gasteiger partial charge in [0.15, 0.2) is 9.84 Å². The molecule has 1 aromatic carbocycles. The second-order valence-electron chi connectivity index (χ2n) is 5.48. The average molecular weight is 319 g/mol. The molecule has 22 heavy (non-hydrogen) atoms. The van der Waals surface area contributed by atoms with Crippen molar-refractivity contribution in [1.29, 1.82) is 0 Å². The number of hydrogen-bond donors (Lipinski definition) is 1. The van der Waals surface area contributed by atoms with Crippen molar-refractivity contribution in [2.24, 2.45) is 5.92 Å². The third kappa shape index (κ3) is 3.36. The normalized spacial score (nSPS) is 19.9. The van der Waals surface area contributed by atoms with E-state index in [0.29, 0.717) is 18.5 Å². The molecule has 1 saturated heterocycles. The molecule has 0 spiro atoms. The second-order valence-corrected chi connectivity index (χ2v) is 7.71. The number of benzene rings is 1. The van der Waals surface area contributed by atoms with Crippen LogP contribution in [0.4, 0.5) is 0 Å². The van der Waals surface area contributed by atoms with Crippen LogP contribution in [-0.2, 0) is 9.84 Å². The summed E-state index contributed by atoms with van der Waals surface area (Å²) < 4.78 is 24.5. The van der Waals surface area contributed by atoms with Gasteiger partial charge in [-0.25, -0.2) is 13.1 Å². The molecule has 3 rings (SSSR count). The van der Waals surface area contributed by atoms with Gasteiger partial charge in [0.2, 0.25) is 0 Å². The highest BCUT2D eigenvalue weighted by molar-refractivity contribution is 7.91. The summed E-state index contributed by atoms with van der Waals surface area (Å²) in [5, 5.41) is 6.95. The van der Waals surface area contributed by atoms with Crippen molar-refractivity contribution in [2.75, 3.05) is 18.1 Å². The summed E-state index contributed by atoms with van der Waals surface area (Å²) in [5.41, 5.74) is 1.34. The van der Waals surface area contributed by atoms with Gasteiger partial charge in [0.25, 0.3) is 5.91 Å². The van der Waals surface area contributed by atoms with Gasteiger partial charge in [-0.2, -0.15) is 5.10 Å². The molecule has 1 atom stereocenters. The fraction of sp³-hybridized carbons (Fsp3) is 0.333. The molecule has 1 aliphatic heterocycles. The van der Waals surface area contributed by atoms with E-state index in [1.165, 1.54) is 0 Å². The number of sulfone groups is 1. The van der Waals surface area contributed by atoms with Gasteiger partial charge in [-0.3, -0.25) is 4.79 Å². The lowest BCUT2D eigenvalue weighted by atomic mass is 10.1. The van der Waals surface area contributed by atoms with E-state index in [0.717, 1.165) is 5.69 Å². The highest BCUT2D eigenvalue weighted by atomic mass is 32.2. The maximum atomic E-state index is 12.2. The van der Waals surface area contributed by atoms with Gasteiger partial charge in [0.1, 0.15) is 0 Å². The van der Waals surface area contributed by atoms with Gasteiger partial charge >= 0.3 is 0 Å². The average Bonchev–Trinajstić information content (AvgIpc) is 3.14. The summed E-state index contributed by atoms with van der Waals surface area (Å²) >= 11 is 0. The Morgan fingerprint density at radius 1 is 1.36 bits per heavy atom. The minimum atomic E-state index is -2.91. The van der Waals surface area contributed by atoms with Crippen LogP contribution in [0, 0.1) is 5.92 Å². The third-order valence-corrected chi connectivity index (χ3v) is 5.59. The first-order valence-electron chi connectivity index (χ1n) is 7.12. The Kier molecular flexibility index (Phi) is 3.98. The molecule has 0 radical (unpaired) electrons. The monoisotopic (exact) mass is 319 g/mol. The van der Waals surface area contributed by atoms with Gasteiger partial charge in [-0.05, 0) is 36.6 Å². The van der Waals surface area contributed by atoms with E-state index in [9.17, 15) is 13.2 Å². The van der Waals surface area contributed by atoms with Crippen molar-refractivity contribution < 1.29 is 13.2 Å². The molecular formula is C15H17N3O3S. The smallest absolute Gasteiger partial charge is 0.251 e. The van der Waals surface area contributed by atoms with Gasteiger partial charge in [0, 0.05) is 24.5 Å². The summed E-state index contributed by atoms with van der Waals surface area (Å²) in [6.07, 6.45) is 4.10. The molecule has 7 heteroatoms. The Morgan fingerprint density at radius 2 is 2.23 bits per heavy atom. The van der Waals surface area contributed by atoms with Crippen molar-refractivity contribution in [2.45, 2.75) is 6.42 Å². The van der Waals surface area contributed by atoms with Crippen molar-refractivity contribution in [3.8, 4) is 5.69 Å². The van der Waals surface area contributed by atoms with E-state index in [-0.39, 0.29) is 23.3 Å². The van der Waals surface area contributed by atoms with Crippen molar-refractivity contribution in [3.63, 3.8) is 0 Å². The minimum Gasteiger partial charge on any atom is -0.352 e. The Morgan fingerprint density at radius 3 is 2.91 bits per heavy atom. The van der Waals surface area contributed by atoms with Crippen LogP contribution in [0.15, 0.2) is 42.7 Å². The first kappa shape index (κ1) is 14.8. The minimum absolute atomic E-state index is 0.0169. The molecule has 2 aromatic rings. The number of amides is 1. The molecule has 0 bridgehead atoms. The van der Waals surface area contributed by atoms with E-state index in [4.69, 9.17) is 0 Å². The molecule has 0 aliphatic carbocycles. The summed E-state index contributed by atoms with van der Waals surface area (Å²) in [6, 6.07) is 8.97. The van der Waals surface area contributed by atoms with Gasteiger partial charge in [-0.15, -0.1) is 0 Å². The molecule has 0 saturated carbocycles. The summed E-state index contributed by atoms with van der Waals surface area (Å²) in [6.45, 7) is 0.393. The highest BCUT2D eigenvalue weighted by Gasteiger charge is 2.27. The Labute approximate surface area is 129 Å². The van der Waals surface area contributed by atoms with Crippen LogP contribution in [0.5, 0.6) is 0 Å². The van der Waals surface area contributed by atoms with Gasteiger partial charge < -0.3 is 5.32 Å². The molecule has 1 aliphatic rings. The molecular weight excluding hydrogens is 302 g/mol. The first-order chi connectivity index (χ1) is 10.5. The lowest BCUT2D eigenvalue weighted by Crippen LogP contribution is -2.29. The molecule has 1 fully saturated rings. The van der Waals surface area contributed by atoms with Crippen molar-refractivity contribution in [1.82, 2.24) is 15.1 Å². The molecule has 6 nitrogen and oxygen atoms in total. The fourth-order valence-electron chi connectivity index (χ4n) is 2.58. The molecule has 1 aromatic heterocycles. The standard InChI is InChI=1S/C15H17N3O3S/c19-15(16-10-12-5-8-22(20,21)11-12)13-3-1-4-14(9-13)18-7-2-6-17-18/h1-4,6-7,9,12H,5,8,10-11H2,(H,16,19)/t12-/m1/s1. The van der Waals surface area contributed by atoms with E-state index >= 15 is 0 Å². The number of carbonyl (C=O) groups excluding carboxylic acids is 1. The number of nitrogens with one attached hydrogen (secondary N) is 1. The number of nitrogens with zero attached hydrogens (tertiary/aromatic N) is 2. The van der Waals surface area contributed by atoms with Crippen LogP contribution < -0.4 is 5.32 Å². The van der Waals surface area contributed by atoms with Crippen LogP contribution in [0.2, 0.25) is 0 Å². The Hall–Kier alpha value is -2.15. The van der Waals surface area contributed by atoms with Crippen molar-refractivity contribution >= 4 is 15.7 Å². The van der Waals surface area contributed by atoms with Gasteiger partial charge in [-0.1, -0.05) is 6.07 Å². The maximum Gasteiger partial charge on any atom is 0.251 e. The number of hydrogen-bond acceptors (Lipinski definition) is 4. The second kappa shape index (κ2) is 5.92. The lowest BCUT2D eigenvalue weighted by molar-refractivity contribution is 0.0948. The largest absolute Gasteiger partial charge is 0.352 e. The highest BCUT2D eigenvalue weighted by Crippen LogP contribution is 2.17. The van der Waals surface area contributed by atoms with Crippen LogP contribution in [0.1, 0.15) is 16.8 Å². The third-order valence-electron chi connectivity index (χ3n) is 3.76. The Balaban J connectivity index is 1.64. The van der Waals surface area contributed by atoms with E-state index < -0.39 is 9.84 Å². The molecule has 2 heterocycles. The molecule has 116 valence electrons. The first-order valence-corrected chi connectivity index (χ1v) is 8.94. The molecule has 1 amide bonds. The van der Waals surface area contributed by atoms with Crippen molar-refractivity contribution in [3.05, 3.63) is 48.3 Å². The quantitative estimate of drug-likeness (QED) is 0.913. The topological polar surface area (TPSA) is 81.1 Å². The predicted molar refractivity (Wildman–Crippen MR) is 82.7 cm³/mol. The van der Waals surface area contributed by atoms with Crippen LogP contribution in [0.25, 0.3) is 5.69 Å². The van der Waals surface area contributed by atoms with Gasteiger partial charge in [0.05, 0.1) is 17.2 Å². The predicted octanol–water partition coefficient (Wildman–Crippen LogP) is 1.04. The lowest BCUT2D eigenvalue weighted by Gasteiger charge is -2.10. The van der Waals surface area contributed by atoms with E-state index in [1.54, 1.807) is 35.3 Å². The maximum absolute atomic E-state index is 12.2. The molecule has 1 N–H and O–H groups in total. The summed E-state index contributed by atoms with van der Waals surface area (Å²) in [4.78, 5) is 12.2. The SMILES string of the molecule is O=C(NC[C@H]1CCS(=O)(=O)C1)c1cccc(-n2cccn2)c1. The van der Waals surface area contributed by atoms with Crippen LogP contribution >= 0.6 is 0 Å². The summed E-state index contributed by atoms with van der Waals surface area (Å²) in [7, 11) is -2.91. The van der Waals surface area contributed by atoms with E-state index in [2.05, 4.69) is 10.4 Å². The zero-order chi connectivity index (χ0) is 15.6.